The van der Waals surface area contributed by atoms with Crippen LogP contribution >= 0.6 is 0 Å². The Morgan fingerprint density at radius 2 is 1.88 bits per heavy atom. The van der Waals surface area contributed by atoms with E-state index in [-0.39, 0.29) is 12.6 Å². The number of carboxylic acid groups (broad SMARTS) is 1. The van der Waals surface area contributed by atoms with Crippen LogP contribution in [0.5, 0.6) is 0 Å². The Bertz CT molecular complexity index is 277. The van der Waals surface area contributed by atoms with Gasteiger partial charge >= 0.3 is 12.0 Å². The van der Waals surface area contributed by atoms with E-state index >= 15 is 0 Å². The van der Waals surface area contributed by atoms with E-state index < -0.39 is 12.1 Å². The lowest BCUT2D eigenvalue weighted by Crippen LogP contribution is -2.52. The number of piperazine rings is 1. The minimum atomic E-state index is -1.55. The molecule has 0 aromatic heterocycles. The van der Waals surface area contributed by atoms with Crippen LogP contribution in [0, 0.1) is 0 Å². The predicted molar refractivity (Wildman–Crippen MR) is 60.7 cm³/mol. The molecule has 1 atom stereocenters. The lowest BCUT2D eigenvalue weighted by molar-refractivity contribution is -0.146. The van der Waals surface area contributed by atoms with Crippen LogP contribution < -0.4 is 5.32 Å². The summed E-state index contributed by atoms with van der Waals surface area (Å²) in [4.78, 5) is 25.8. The molecule has 0 aliphatic carbocycles. The highest BCUT2D eigenvalue weighted by Crippen LogP contribution is 2.01. The van der Waals surface area contributed by atoms with Crippen molar-refractivity contribution in [3.05, 3.63) is 0 Å². The quantitative estimate of drug-likeness (QED) is 0.577. The Kier molecular flexibility index (Phi) is 5.17. The number of rotatable bonds is 4. The Morgan fingerprint density at radius 1 is 1.29 bits per heavy atom. The molecule has 0 spiro atoms. The largest absolute Gasteiger partial charge is 0.479 e. The van der Waals surface area contributed by atoms with Crippen molar-refractivity contribution in [1.82, 2.24) is 15.1 Å². The first-order valence-electron chi connectivity index (χ1n) is 5.70. The fraction of sp³-hybridized carbons (Fsp3) is 0.800. The normalized spacial score (nSPS) is 18.8. The number of aliphatic carboxylic acids is 1. The van der Waals surface area contributed by atoms with Crippen LogP contribution in [0.4, 0.5) is 4.79 Å². The molecular formula is C10H19N3O4. The van der Waals surface area contributed by atoms with Gasteiger partial charge in [0.2, 0.25) is 0 Å². The number of nitrogens with zero attached hydrogens (tertiary/aromatic N) is 2. The van der Waals surface area contributed by atoms with Gasteiger partial charge in [0.1, 0.15) is 0 Å². The molecule has 0 aromatic carbocycles. The van der Waals surface area contributed by atoms with Crippen LogP contribution in [0.3, 0.4) is 0 Å². The molecule has 0 bridgehead atoms. The average Bonchev–Trinajstić information content (AvgIpc) is 2.35. The van der Waals surface area contributed by atoms with Crippen LogP contribution in [0.1, 0.15) is 6.92 Å². The minimum absolute atomic E-state index is 0.262. The van der Waals surface area contributed by atoms with Crippen molar-refractivity contribution < 1.29 is 19.8 Å². The highest BCUT2D eigenvalue weighted by atomic mass is 16.4. The Morgan fingerprint density at radius 3 is 2.35 bits per heavy atom. The van der Waals surface area contributed by atoms with Crippen molar-refractivity contribution >= 4 is 12.0 Å². The zero-order valence-corrected chi connectivity index (χ0v) is 9.93. The topological polar surface area (TPSA) is 93.1 Å². The molecule has 1 saturated heterocycles. The number of hydrogen-bond acceptors (Lipinski definition) is 4. The number of carboxylic acids is 1. The van der Waals surface area contributed by atoms with Gasteiger partial charge < -0.3 is 25.3 Å². The molecule has 2 amide bonds. The summed E-state index contributed by atoms with van der Waals surface area (Å²) in [5.41, 5.74) is 0. The van der Waals surface area contributed by atoms with Gasteiger partial charge in [0.05, 0.1) is 6.54 Å². The number of nitrogens with one attached hydrogen (secondary N) is 1. The third-order valence-electron chi connectivity index (χ3n) is 2.84. The summed E-state index contributed by atoms with van der Waals surface area (Å²) in [6, 6.07) is -0.318. The summed E-state index contributed by atoms with van der Waals surface area (Å²) in [5, 5.41) is 19.9. The summed E-state index contributed by atoms with van der Waals surface area (Å²) < 4.78 is 0. The summed E-state index contributed by atoms with van der Waals surface area (Å²) in [6.45, 7) is 5.68. The van der Waals surface area contributed by atoms with Crippen LogP contribution in [-0.4, -0.2) is 77.4 Å². The molecule has 1 fully saturated rings. The molecule has 0 saturated carbocycles. The first-order valence-corrected chi connectivity index (χ1v) is 5.70. The van der Waals surface area contributed by atoms with Crippen LogP contribution in [0.25, 0.3) is 0 Å². The zero-order chi connectivity index (χ0) is 12.8. The lowest BCUT2D eigenvalue weighted by atomic mass is 10.3. The van der Waals surface area contributed by atoms with Gasteiger partial charge in [-0.25, -0.2) is 9.59 Å². The maximum absolute atomic E-state index is 11.6. The highest BCUT2D eigenvalue weighted by molar-refractivity contribution is 5.76. The van der Waals surface area contributed by atoms with E-state index in [1.165, 1.54) is 0 Å². The smallest absolute Gasteiger partial charge is 0.334 e. The predicted octanol–water partition coefficient (Wildman–Crippen LogP) is -1.22. The van der Waals surface area contributed by atoms with Gasteiger partial charge in [-0.15, -0.1) is 0 Å². The Labute approximate surface area is 100.0 Å². The molecule has 1 heterocycles. The van der Waals surface area contributed by atoms with Crippen molar-refractivity contribution in [3.8, 4) is 0 Å². The molecule has 3 N–H and O–H groups in total. The van der Waals surface area contributed by atoms with E-state index in [4.69, 9.17) is 10.2 Å². The van der Waals surface area contributed by atoms with E-state index in [0.29, 0.717) is 13.1 Å². The van der Waals surface area contributed by atoms with Gasteiger partial charge in [0.15, 0.2) is 6.10 Å². The Balaban J connectivity index is 2.27. The van der Waals surface area contributed by atoms with Crippen molar-refractivity contribution in [2.75, 3.05) is 39.3 Å². The second kappa shape index (κ2) is 6.41. The van der Waals surface area contributed by atoms with Crippen LogP contribution in [0.2, 0.25) is 0 Å². The number of amides is 2. The molecule has 7 heteroatoms. The molecule has 7 nitrogen and oxygen atoms in total. The number of urea groups is 1. The van der Waals surface area contributed by atoms with E-state index in [1.807, 2.05) is 0 Å². The van der Waals surface area contributed by atoms with Crippen molar-refractivity contribution in [3.63, 3.8) is 0 Å². The molecule has 1 aliphatic heterocycles. The third kappa shape index (κ3) is 4.20. The first-order chi connectivity index (χ1) is 8.04. The first kappa shape index (κ1) is 13.7. The molecule has 0 radical (unpaired) electrons. The standard InChI is InChI=1S/C10H19N3O4/c1-2-12-3-5-13(6-4-12)10(17)11-7-8(14)9(15)16/h8,14H,2-7H2,1H3,(H,11,17)(H,15,16). The van der Waals surface area contributed by atoms with Crippen molar-refractivity contribution in [2.45, 2.75) is 13.0 Å². The fourth-order valence-electron chi connectivity index (χ4n) is 1.65. The zero-order valence-electron chi connectivity index (χ0n) is 9.93. The van der Waals surface area contributed by atoms with Gasteiger partial charge in [-0.05, 0) is 6.54 Å². The minimum Gasteiger partial charge on any atom is -0.479 e. The number of aliphatic hydroxyl groups excluding tert-OH is 1. The maximum Gasteiger partial charge on any atom is 0.334 e. The van der Waals surface area contributed by atoms with E-state index in [0.717, 1.165) is 19.6 Å². The molecule has 0 aromatic rings. The monoisotopic (exact) mass is 245 g/mol. The summed E-state index contributed by atoms with van der Waals surface area (Å²) in [7, 11) is 0. The van der Waals surface area contributed by atoms with Gasteiger partial charge in [0, 0.05) is 26.2 Å². The number of carbonyl (C=O) groups excluding carboxylic acids is 1. The number of carbonyl (C=O) groups is 2. The average molecular weight is 245 g/mol. The summed E-state index contributed by atoms with van der Waals surface area (Å²) in [6.07, 6.45) is -1.55. The SMILES string of the molecule is CCN1CCN(C(=O)NCC(O)C(=O)O)CC1. The fourth-order valence-corrected chi connectivity index (χ4v) is 1.65. The van der Waals surface area contributed by atoms with Crippen LogP contribution in [-0.2, 0) is 4.79 Å². The number of aliphatic hydroxyl groups is 1. The van der Waals surface area contributed by atoms with Gasteiger partial charge in [0.25, 0.3) is 0 Å². The van der Waals surface area contributed by atoms with E-state index in [1.54, 1.807) is 4.90 Å². The van der Waals surface area contributed by atoms with Gasteiger partial charge in [-0.1, -0.05) is 6.92 Å². The molecule has 1 unspecified atom stereocenters. The Hall–Kier alpha value is -1.34. The summed E-state index contributed by atoms with van der Waals surface area (Å²) >= 11 is 0. The van der Waals surface area contributed by atoms with E-state index in [9.17, 15) is 9.59 Å². The van der Waals surface area contributed by atoms with E-state index in [2.05, 4.69) is 17.1 Å². The number of likely N-dealkylation sites (N-methyl/N-ethyl adjacent to an activating group) is 1. The molecule has 1 aliphatic rings. The molecule has 17 heavy (non-hydrogen) atoms. The molecule has 1 rings (SSSR count). The van der Waals surface area contributed by atoms with Crippen LogP contribution in [0.15, 0.2) is 0 Å². The highest BCUT2D eigenvalue weighted by Gasteiger charge is 2.21. The number of hydrogen-bond donors (Lipinski definition) is 3. The van der Waals surface area contributed by atoms with Gasteiger partial charge in [-0.3, -0.25) is 0 Å². The second-order valence-electron chi connectivity index (χ2n) is 3.96. The maximum atomic E-state index is 11.6. The second-order valence-corrected chi connectivity index (χ2v) is 3.96. The molecule has 98 valence electrons. The van der Waals surface area contributed by atoms with Gasteiger partial charge in [-0.2, -0.15) is 0 Å². The lowest BCUT2D eigenvalue weighted by Gasteiger charge is -2.34. The van der Waals surface area contributed by atoms with Crippen molar-refractivity contribution in [1.29, 1.82) is 0 Å². The summed E-state index contributed by atoms with van der Waals surface area (Å²) in [5.74, 6) is -1.33. The third-order valence-corrected chi connectivity index (χ3v) is 2.84. The van der Waals surface area contributed by atoms with Crippen molar-refractivity contribution in [2.24, 2.45) is 0 Å². The molecular weight excluding hydrogens is 226 g/mol.